The van der Waals surface area contributed by atoms with Crippen molar-refractivity contribution in [2.75, 3.05) is 6.54 Å². The van der Waals surface area contributed by atoms with Crippen LogP contribution in [0.4, 0.5) is 0 Å². The molecule has 0 amide bonds. The lowest BCUT2D eigenvalue weighted by atomic mass is 9.49. The molecule has 132 valence electrons. The van der Waals surface area contributed by atoms with Crippen molar-refractivity contribution >= 4 is 5.78 Å². The largest absolute Gasteiger partial charge is 0.504 e. The molecule has 2 aliphatic heterocycles. The number of ether oxygens (including phenoxy) is 1. The van der Waals surface area contributed by atoms with E-state index in [4.69, 9.17) is 4.74 Å². The number of piperidine rings is 1. The molecule has 3 fully saturated rings. The molecule has 0 radical (unpaired) electrons. The molecule has 2 heterocycles. The predicted molar refractivity (Wildman–Crippen MR) is 89.9 cm³/mol. The SMILES string of the molecule is O=C1CC[C@@]2(O)[C@H]3Cc4c(CC5CC5)cc(O)c5c4[C@@]2(CCN3)C1O5. The summed E-state index contributed by atoms with van der Waals surface area (Å²) in [5.41, 5.74) is 1.72. The smallest absolute Gasteiger partial charge is 0.174 e. The topological polar surface area (TPSA) is 78.8 Å². The van der Waals surface area contributed by atoms with Crippen LogP contribution in [0, 0.1) is 5.92 Å². The number of rotatable bonds is 2. The first-order chi connectivity index (χ1) is 12.0. The van der Waals surface area contributed by atoms with Crippen LogP contribution in [0.2, 0.25) is 0 Å². The van der Waals surface area contributed by atoms with Crippen molar-refractivity contribution < 1.29 is 19.7 Å². The zero-order valence-corrected chi connectivity index (χ0v) is 14.2. The maximum atomic E-state index is 12.7. The number of ketones is 1. The van der Waals surface area contributed by atoms with E-state index >= 15 is 0 Å². The molecule has 3 aliphatic carbocycles. The molecule has 0 aromatic heterocycles. The molecule has 1 aromatic carbocycles. The molecule has 2 bridgehead atoms. The first-order valence-corrected chi connectivity index (χ1v) is 9.58. The van der Waals surface area contributed by atoms with Crippen LogP contribution in [0.1, 0.15) is 48.8 Å². The Morgan fingerprint density at radius 1 is 1.32 bits per heavy atom. The number of nitrogens with one attached hydrogen (secondary N) is 1. The van der Waals surface area contributed by atoms with Crippen molar-refractivity contribution in [2.45, 2.75) is 68.1 Å². The van der Waals surface area contributed by atoms with Crippen molar-refractivity contribution in [2.24, 2.45) is 5.92 Å². The van der Waals surface area contributed by atoms with Crippen LogP contribution in [0.5, 0.6) is 11.5 Å². The summed E-state index contributed by atoms with van der Waals surface area (Å²) in [5, 5.41) is 25.9. The third kappa shape index (κ3) is 1.56. The van der Waals surface area contributed by atoms with Gasteiger partial charge in [0.05, 0.1) is 11.0 Å². The molecule has 5 heteroatoms. The molecule has 5 aliphatic rings. The number of phenolic OH excluding ortho intramolecular Hbond substituents is 1. The molecule has 1 aromatic rings. The van der Waals surface area contributed by atoms with E-state index in [1.165, 1.54) is 24.0 Å². The van der Waals surface area contributed by atoms with Crippen molar-refractivity contribution in [1.29, 1.82) is 0 Å². The molecule has 2 saturated carbocycles. The Kier molecular flexibility index (Phi) is 2.55. The average molecular weight is 341 g/mol. The summed E-state index contributed by atoms with van der Waals surface area (Å²) >= 11 is 0. The number of benzene rings is 1. The van der Waals surface area contributed by atoms with E-state index in [1.54, 1.807) is 0 Å². The molecule has 6 rings (SSSR count). The molecule has 25 heavy (non-hydrogen) atoms. The molecule has 1 spiro atoms. The van der Waals surface area contributed by atoms with E-state index in [0.717, 1.165) is 24.9 Å². The zero-order chi connectivity index (χ0) is 17.0. The first-order valence-electron chi connectivity index (χ1n) is 9.58. The van der Waals surface area contributed by atoms with E-state index in [1.807, 2.05) is 6.07 Å². The van der Waals surface area contributed by atoms with Crippen LogP contribution in [0.25, 0.3) is 0 Å². The lowest BCUT2D eigenvalue weighted by Gasteiger charge is -2.59. The first kappa shape index (κ1) is 14.6. The van der Waals surface area contributed by atoms with Gasteiger partial charge in [0.2, 0.25) is 0 Å². The van der Waals surface area contributed by atoms with Gasteiger partial charge in [0.15, 0.2) is 23.4 Å². The van der Waals surface area contributed by atoms with Crippen molar-refractivity contribution in [3.8, 4) is 11.5 Å². The Morgan fingerprint density at radius 2 is 2.16 bits per heavy atom. The quantitative estimate of drug-likeness (QED) is 0.757. The normalized spacial score (nSPS) is 40.6. The summed E-state index contributed by atoms with van der Waals surface area (Å²) < 4.78 is 6.08. The number of hydrogen-bond acceptors (Lipinski definition) is 5. The van der Waals surface area contributed by atoms with E-state index in [2.05, 4.69) is 5.32 Å². The monoisotopic (exact) mass is 341 g/mol. The minimum Gasteiger partial charge on any atom is -0.504 e. The van der Waals surface area contributed by atoms with Gasteiger partial charge >= 0.3 is 0 Å². The summed E-state index contributed by atoms with van der Waals surface area (Å²) in [5.74, 6) is 1.39. The van der Waals surface area contributed by atoms with Crippen LogP contribution in [-0.4, -0.2) is 40.3 Å². The van der Waals surface area contributed by atoms with Gasteiger partial charge in [0.1, 0.15) is 0 Å². The number of carbonyl (C=O) groups is 1. The number of aliphatic hydroxyl groups is 1. The summed E-state index contributed by atoms with van der Waals surface area (Å²) in [6, 6.07) is 1.81. The van der Waals surface area contributed by atoms with E-state index in [9.17, 15) is 15.0 Å². The predicted octanol–water partition coefficient (Wildman–Crippen LogP) is 1.36. The lowest BCUT2D eigenvalue weighted by molar-refractivity contribution is -0.166. The van der Waals surface area contributed by atoms with Crippen LogP contribution in [0.3, 0.4) is 0 Å². The van der Waals surface area contributed by atoms with Crippen LogP contribution in [-0.2, 0) is 23.1 Å². The third-order valence-corrected chi connectivity index (χ3v) is 7.51. The molecule has 5 nitrogen and oxygen atoms in total. The number of aromatic hydroxyl groups is 1. The lowest BCUT2D eigenvalue weighted by Crippen LogP contribution is -2.76. The van der Waals surface area contributed by atoms with Crippen LogP contribution in [0.15, 0.2) is 6.07 Å². The Morgan fingerprint density at radius 3 is 2.96 bits per heavy atom. The molecule has 4 atom stereocenters. The fourth-order valence-electron chi connectivity index (χ4n) is 6.20. The van der Waals surface area contributed by atoms with Gasteiger partial charge in [-0.15, -0.1) is 0 Å². The molecular weight excluding hydrogens is 318 g/mol. The second-order valence-electron chi connectivity index (χ2n) is 8.71. The third-order valence-electron chi connectivity index (χ3n) is 7.51. The van der Waals surface area contributed by atoms with Gasteiger partial charge < -0.3 is 20.3 Å². The van der Waals surface area contributed by atoms with Gasteiger partial charge in [-0.25, -0.2) is 0 Å². The van der Waals surface area contributed by atoms with E-state index < -0.39 is 17.1 Å². The highest BCUT2D eigenvalue weighted by molar-refractivity contribution is 5.90. The molecule has 1 unspecified atom stereocenters. The van der Waals surface area contributed by atoms with Crippen molar-refractivity contribution in [3.05, 3.63) is 22.8 Å². The van der Waals surface area contributed by atoms with E-state index in [-0.39, 0.29) is 17.6 Å². The van der Waals surface area contributed by atoms with Crippen LogP contribution >= 0.6 is 0 Å². The van der Waals surface area contributed by atoms with Crippen molar-refractivity contribution in [3.63, 3.8) is 0 Å². The number of hydrogen-bond donors (Lipinski definition) is 3. The maximum Gasteiger partial charge on any atom is 0.174 e. The summed E-state index contributed by atoms with van der Waals surface area (Å²) in [6.45, 7) is 0.770. The van der Waals surface area contributed by atoms with Gasteiger partial charge in [-0.3, -0.25) is 4.79 Å². The van der Waals surface area contributed by atoms with Gasteiger partial charge in [0, 0.05) is 18.0 Å². The molecule has 3 N–H and O–H groups in total. The van der Waals surface area contributed by atoms with Gasteiger partial charge in [-0.1, -0.05) is 0 Å². The summed E-state index contributed by atoms with van der Waals surface area (Å²) in [4.78, 5) is 12.7. The fourth-order valence-corrected chi connectivity index (χ4v) is 6.20. The average Bonchev–Trinajstić information content (AvgIpc) is 3.30. The second-order valence-corrected chi connectivity index (χ2v) is 8.71. The number of carbonyl (C=O) groups excluding carboxylic acids is 1. The Bertz CT molecular complexity index is 816. The van der Waals surface area contributed by atoms with Gasteiger partial charge in [-0.2, -0.15) is 0 Å². The van der Waals surface area contributed by atoms with Crippen LogP contribution < -0.4 is 10.1 Å². The van der Waals surface area contributed by atoms with Gasteiger partial charge in [0.25, 0.3) is 0 Å². The van der Waals surface area contributed by atoms with E-state index in [0.29, 0.717) is 30.9 Å². The highest BCUT2D eigenvalue weighted by Crippen LogP contribution is 2.64. The highest BCUT2D eigenvalue weighted by atomic mass is 16.5. The molecular formula is C20H23NO4. The van der Waals surface area contributed by atoms with Gasteiger partial charge in [-0.05, 0) is 68.2 Å². The minimum absolute atomic E-state index is 0.0404. The zero-order valence-electron chi connectivity index (χ0n) is 14.2. The fraction of sp³-hybridized carbons (Fsp3) is 0.650. The Balaban J connectivity index is 1.65. The number of Topliss-reactive ketones (excluding diaryl/α,β-unsaturated/α-hetero) is 1. The Labute approximate surface area is 146 Å². The number of phenols is 1. The maximum absolute atomic E-state index is 12.7. The minimum atomic E-state index is -0.966. The second kappa shape index (κ2) is 4.38. The summed E-state index contributed by atoms with van der Waals surface area (Å²) in [7, 11) is 0. The highest BCUT2D eigenvalue weighted by Gasteiger charge is 2.72. The Hall–Kier alpha value is -1.59. The van der Waals surface area contributed by atoms with Crippen molar-refractivity contribution in [1.82, 2.24) is 5.32 Å². The summed E-state index contributed by atoms with van der Waals surface area (Å²) in [6.07, 6.45) is 5.12. The standard InChI is InChI=1S/C20H23NO4/c22-13-3-4-20(24)15-9-12-11(7-10-1-2-10)8-14(23)17-16(12)19(20,5-6-21-15)18(13)25-17/h8,10,15,18,21,23-24H,1-7,9H2/t15-,18?,19+,20-/m1/s1. The molecule has 1 saturated heterocycles.